The van der Waals surface area contributed by atoms with Crippen molar-refractivity contribution < 1.29 is 0 Å². The van der Waals surface area contributed by atoms with Crippen molar-refractivity contribution >= 4 is 11.8 Å². The Morgan fingerprint density at radius 2 is 2.18 bits per heavy atom. The Hall–Kier alpha value is -0.150. The average Bonchev–Trinajstić information content (AvgIpc) is 2.03. The Morgan fingerprint density at radius 1 is 1.45 bits per heavy atom. The Bertz CT molecular complexity index is 154. The van der Waals surface area contributed by atoms with E-state index in [2.05, 4.69) is 5.32 Å². The van der Waals surface area contributed by atoms with Crippen LogP contribution in [0.15, 0.2) is 10.6 Å². The van der Waals surface area contributed by atoms with Gasteiger partial charge >= 0.3 is 0 Å². The fraction of sp³-hybridized carbons (Fsp3) is 0.750. The molecule has 0 spiro atoms. The predicted molar refractivity (Wildman–Crippen MR) is 51.2 cm³/mol. The zero-order chi connectivity index (χ0) is 8.10. The third-order valence-corrected chi connectivity index (χ3v) is 3.10. The number of hydrogen-bond donors (Lipinski definition) is 2. The quantitative estimate of drug-likeness (QED) is 0.636. The molecular formula is C8H16N2S. The van der Waals surface area contributed by atoms with Gasteiger partial charge in [0.05, 0.1) is 0 Å². The Morgan fingerprint density at radius 3 is 2.82 bits per heavy atom. The number of hydrogen-bond acceptors (Lipinski definition) is 3. The van der Waals surface area contributed by atoms with E-state index in [1.807, 2.05) is 18.8 Å². The molecule has 0 atom stereocenters. The van der Waals surface area contributed by atoms with Gasteiger partial charge in [0, 0.05) is 16.5 Å². The highest BCUT2D eigenvalue weighted by Crippen LogP contribution is 2.29. The van der Waals surface area contributed by atoms with E-state index in [9.17, 15) is 0 Å². The molecule has 3 N–H and O–H groups in total. The minimum Gasteiger partial charge on any atom is -0.401 e. The van der Waals surface area contributed by atoms with Crippen LogP contribution in [0.3, 0.4) is 0 Å². The summed E-state index contributed by atoms with van der Waals surface area (Å²) in [7, 11) is 1.96. The molecule has 0 saturated carbocycles. The van der Waals surface area contributed by atoms with Crippen molar-refractivity contribution in [1.29, 1.82) is 0 Å². The normalized spacial score (nSPS) is 19.0. The Balaban J connectivity index is 2.39. The molecule has 0 aromatic rings. The van der Waals surface area contributed by atoms with Crippen LogP contribution in [-0.2, 0) is 0 Å². The molecule has 0 fully saturated rings. The molecule has 0 heterocycles. The lowest BCUT2D eigenvalue weighted by Gasteiger charge is -2.16. The standard InChI is InChI=1S/C8H16N2S/c1-10-6-11-8-5-3-2-4-7(8)9/h10H,2-6,9H2,1H3. The summed E-state index contributed by atoms with van der Waals surface area (Å²) in [6, 6.07) is 0. The molecule has 1 aliphatic rings. The van der Waals surface area contributed by atoms with Crippen molar-refractivity contribution in [2.45, 2.75) is 25.7 Å². The van der Waals surface area contributed by atoms with Gasteiger partial charge < -0.3 is 11.1 Å². The summed E-state index contributed by atoms with van der Waals surface area (Å²) in [5.41, 5.74) is 6.97. The molecule has 64 valence electrons. The van der Waals surface area contributed by atoms with Gasteiger partial charge in [-0.25, -0.2) is 0 Å². The molecule has 2 nitrogen and oxygen atoms in total. The zero-order valence-electron chi connectivity index (χ0n) is 7.02. The maximum Gasteiger partial charge on any atom is 0.0460 e. The highest BCUT2D eigenvalue weighted by atomic mass is 32.2. The van der Waals surface area contributed by atoms with E-state index in [1.165, 1.54) is 24.2 Å². The van der Waals surface area contributed by atoms with Crippen molar-refractivity contribution in [3.8, 4) is 0 Å². The fourth-order valence-electron chi connectivity index (χ4n) is 1.23. The van der Waals surface area contributed by atoms with E-state index in [0.29, 0.717) is 0 Å². The first-order chi connectivity index (χ1) is 5.34. The molecule has 0 unspecified atom stereocenters. The van der Waals surface area contributed by atoms with Gasteiger partial charge in [-0.2, -0.15) is 0 Å². The number of rotatable bonds is 3. The highest BCUT2D eigenvalue weighted by Gasteiger charge is 2.09. The Labute approximate surface area is 72.6 Å². The van der Waals surface area contributed by atoms with E-state index >= 15 is 0 Å². The van der Waals surface area contributed by atoms with Crippen LogP contribution in [0.5, 0.6) is 0 Å². The zero-order valence-corrected chi connectivity index (χ0v) is 7.84. The topological polar surface area (TPSA) is 38.0 Å². The number of nitrogens with two attached hydrogens (primary N) is 1. The average molecular weight is 172 g/mol. The van der Waals surface area contributed by atoms with Crippen molar-refractivity contribution in [2.24, 2.45) is 5.73 Å². The van der Waals surface area contributed by atoms with Gasteiger partial charge in [-0.15, -0.1) is 11.8 Å². The monoisotopic (exact) mass is 172 g/mol. The molecule has 0 aromatic carbocycles. The molecule has 0 aromatic heterocycles. The van der Waals surface area contributed by atoms with Crippen LogP contribution >= 0.6 is 11.8 Å². The first-order valence-electron chi connectivity index (χ1n) is 4.09. The molecule has 0 amide bonds. The van der Waals surface area contributed by atoms with Crippen LogP contribution in [0.4, 0.5) is 0 Å². The van der Waals surface area contributed by atoms with Gasteiger partial charge in [0.15, 0.2) is 0 Å². The first kappa shape index (κ1) is 8.94. The molecule has 0 radical (unpaired) electrons. The summed E-state index contributed by atoms with van der Waals surface area (Å²) in [5.74, 6) is 0.982. The minimum absolute atomic E-state index is 0.982. The summed E-state index contributed by atoms with van der Waals surface area (Å²) in [6.45, 7) is 0. The fourth-order valence-corrected chi connectivity index (χ4v) is 2.12. The molecule has 0 saturated heterocycles. The summed E-state index contributed by atoms with van der Waals surface area (Å²) in [6.07, 6.45) is 4.88. The Kier molecular flexibility index (Phi) is 3.80. The second kappa shape index (κ2) is 4.67. The van der Waals surface area contributed by atoms with Crippen molar-refractivity contribution in [2.75, 3.05) is 12.9 Å². The van der Waals surface area contributed by atoms with Crippen LogP contribution in [0.2, 0.25) is 0 Å². The SMILES string of the molecule is CNCSC1=C(N)CCCC1. The van der Waals surface area contributed by atoms with Crippen LogP contribution < -0.4 is 11.1 Å². The van der Waals surface area contributed by atoms with Crippen LogP contribution in [0.1, 0.15) is 25.7 Å². The molecule has 1 rings (SSSR count). The van der Waals surface area contributed by atoms with Crippen LogP contribution in [0, 0.1) is 0 Å². The van der Waals surface area contributed by atoms with E-state index in [4.69, 9.17) is 5.73 Å². The largest absolute Gasteiger partial charge is 0.401 e. The van der Waals surface area contributed by atoms with Crippen LogP contribution in [0.25, 0.3) is 0 Å². The third-order valence-electron chi connectivity index (χ3n) is 1.85. The summed E-state index contributed by atoms with van der Waals surface area (Å²) < 4.78 is 0. The smallest absolute Gasteiger partial charge is 0.0460 e. The van der Waals surface area contributed by atoms with Crippen molar-refractivity contribution in [3.63, 3.8) is 0 Å². The van der Waals surface area contributed by atoms with Crippen molar-refractivity contribution in [3.05, 3.63) is 10.6 Å². The van der Waals surface area contributed by atoms with Crippen LogP contribution in [-0.4, -0.2) is 12.9 Å². The van der Waals surface area contributed by atoms with Crippen molar-refractivity contribution in [1.82, 2.24) is 5.32 Å². The summed E-state index contributed by atoms with van der Waals surface area (Å²) in [5, 5.41) is 3.11. The lowest BCUT2D eigenvalue weighted by atomic mass is 10.1. The minimum atomic E-state index is 0.982. The molecule has 0 aliphatic heterocycles. The molecule has 11 heavy (non-hydrogen) atoms. The highest BCUT2D eigenvalue weighted by molar-refractivity contribution is 8.03. The lowest BCUT2D eigenvalue weighted by Crippen LogP contribution is -2.09. The number of thioether (sulfide) groups is 1. The molecule has 0 bridgehead atoms. The number of nitrogens with one attached hydrogen (secondary N) is 1. The molecular weight excluding hydrogens is 156 g/mol. The first-order valence-corrected chi connectivity index (χ1v) is 5.08. The molecule has 3 heteroatoms. The van der Waals surface area contributed by atoms with E-state index in [-0.39, 0.29) is 0 Å². The van der Waals surface area contributed by atoms with Gasteiger partial charge in [0.2, 0.25) is 0 Å². The lowest BCUT2D eigenvalue weighted by molar-refractivity contribution is 0.688. The van der Waals surface area contributed by atoms with Gasteiger partial charge in [0.1, 0.15) is 0 Å². The predicted octanol–water partition coefficient (Wildman–Crippen LogP) is 1.64. The van der Waals surface area contributed by atoms with Gasteiger partial charge in [-0.05, 0) is 32.7 Å². The summed E-state index contributed by atoms with van der Waals surface area (Å²) in [4.78, 5) is 1.41. The van der Waals surface area contributed by atoms with E-state index in [0.717, 1.165) is 18.0 Å². The molecule has 1 aliphatic carbocycles. The van der Waals surface area contributed by atoms with Gasteiger partial charge in [-0.3, -0.25) is 0 Å². The maximum atomic E-state index is 5.85. The summed E-state index contributed by atoms with van der Waals surface area (Å²) >= 11 is 1.85. The maximum absolute atomic E-state index is 5.85. The third kappa shape index (κ3) is 2.75. The number of allylic oxidation sites excluding steroid dienone is 2. The second-order valence-electron chi connectivity index (χ2n) is 2.80. The second-order valence-corrected chi connectivity index (χ2v) is 3.87. The van der Waals surface area contributed by atoms with E-state index < -0.39 is 0 Å². The van der Waals surface area contributed by atoms with Gasteiger partial charge in [0.25, 0.3) is 0 Å². The van der Waals surface area contributed by atoms with Gasteiger partial charge in [-0.1, -0.05) is 0 Å². The van der Waals surface area contributed by atoms with E-state index in [1.54, 1.807) is 0 Å².